The normalized spacial score (nSPS) is 13.9. The first kappa shape index (κ1) is 20.0. The summed E-state index contributed by atoms with van der Waals surface area (Å²) >= 11 is 1.32. The average Bonchev–Trinajstić information content (AvgIpc) is 3.35. The summed E-state index contributed by atoms with van der Waals surface area (Å²) in [4.78, 5) is 40.3. The SMILES string of the molecule is CCOC(=O)c1ccc(NC(=O)Cc2csc(NC(=O)C3CCCC3)n2)cc1. The zero-order valence-electron chi connectivity index (χ0n) is 15.7. The standard InChI is InChI=1S/C20H23N3O4S/c1-2-27-19(26)14-7-9-15(10-8-14)21-17(24)11-16-12-28-20(22-16)23-18(25)13-5-3-4-6-13/h7-10,12-13H,2-6,11H2,1H3,(H,21,24)(H,22,23,25). The van der Waals surface area contributed by atoms with Crippen molar-refractivity contribution in [2.24, 2.45) is 5.92 Å². The summed E-state index contributed by atoms with van der Waals surface area (Å²) in [6.45, 7) is 2.06. The second-order valence-electron chi connectivity index (χ2n) is 6.64. The minimum Gasteiger partial charge on any atom is -0.462 e. The van der Waals surface area contributed by atoms with Gasteiger partial charge in [0.25, 0.3) is 0 Å². The Morgan fingerprint density at radius 3 is 2.54 bits per heavy atom. The monoisotopic (exact) mass is 401 g/mol. The minimum atomic E-state index is -0.393. The number of aromatic nitrogens is 1. The number of nitrogens with zero attached hydrogens (tertiary/aromatic N) is 1. The van der Waals surface area contributed by atoms with Gasteiger partial charge in [-0.15, -0.1) is 11.3 Å². The van der Waals surface area contributed by atoms with Gasteiger partial charge in [-0.1, -0.05) is 12.8 Å². The molecule has 1 fully saturated rings. The van der Waals surface area contributed by atoms with Crippen molar-refractivity contribution in [3.05, 3.63) is 40.9 Å². The van der Waals surface area contributed by atoms with Gasteiger partial charge in [0.05, 0.1) is 24.3 Å². The highest BCUT2D eigenvalue weighted by Gasteiger charge is 2.23. The van der Waals surface area contributed by atoms with Gasteiger partial charge in [0.2, 0.25) is 11.8 Å². The highest BCUT2D eigenvalue weighted by molar-refractivity contribution is 7.13. The number of benzene rings is 1. The molecule has 7 nitrogen and oxygen atoms in total. The van der Waals surface area contributed by atoms with Crippen LogP contribution < -0.4 is 10.6 Å². The van der Waals surface area contributed by atoms with Crippen LogP contribution in [0.1, 0.15) is 48.7 Å². The van der Waals surface area contributed by atoms with Gasteiger partial charge in [-0.25, -0.2) is 9.78 Å². The fourth-order valence-electron chi connectivity index (χ4n) is 3.11. The first-order chi connectivity index (χ1) is 13.5. The van der Waals surface area contributed by atoms with Crippen LogP contribution in [0.5, 0.6) is 0 Å². The van der Waals surface area contributed by atoms with Crippen LogP contribution in [-0.4, -0.2) is 29.4 Å². The largest absolute Gasteiger partial charge is 0.462 e. The van der Waals surface area contributed by atoms with Gasteiger partial charge < -0.3 is 15.4 Å². The van der Waals surface area contributed by atoms with Crippen LogP contribution >= 0.6 is 11.3 Å². The topological polar surface area (TPSA) is 97.4 Å². The van der Waals surface area contributed by atoms with E-state index in [0.717, 1.165) is 25.7 Å². The van der Waals surface area contributed by atoms with E-state index in [1.165, 1.54) is 11.3 Å². The summed E-state index contributed by atoms with van der Waals surface area (Å²) in [5.74, 6) is -0.518. The van der Waals surface area contributed by atoms with E-state index in [9.17, 15) is 14.4 Å². The van der Waals surface area contributed by atoms with Crippen molar-refractivity contribution in [2.45, 2.75) is 39.0 Å². The van der Waals surface area contributed by atoms with Crippen molar-refractivity contribution < 1.29 is 19.1 Å². The molecular formula is C20H23N3O4S. The quantitative estimate of drug-likeness (QED) is 0.691. The molecule has 0 bridgehead atoms. The van der Waals surface area contributed by atoms with Gasteiger partial charge >= 0.3 is 5.97 Å². The Morgan fingerprint density at radius 1 is 1.14 bits per heavy atom. The number of ether oxygens (including phenoxy) is 1. The predicted octanol–water partition coefficient (Wildman–Crippen LogP) is 3.63. The van der Waals surface area contributed by atoms with Gasteiger partial charge in [0.15, 0.2) is 5.13 Å². The number of hydrogen-bond donors (Lipinski definition) is 2. The molecule has 2 amide bonds. The number of esters is 1. The average molecular weight is 401 g/mol. The summed E-state index contributed by atoms with van der Waals surface area (Å²) < 4.78 is 4.93. The zero-order valence-corrected chi connectivity index (χ0v) is 16.5. The number of anilines is 2. The number of amides is 2. The molecule has 2 aromatic rings. The van der Waals surface area contributed by atoms with Gasteiger partial charge in [-0.3, -0.25) is 9.59 Å². The maximum atomic E-state index is 12.2. The molecule has 0 saturated heterocycles. The molecule has 0 aliphatic heterocycles. The highest BCUT2D eigenvalue weighted by Crippen LogP contribution is 2.26. The Morgan fingerprint density at radius 2 is 1.86 bits per heavy atom. The van der Waals surface area contributed by atoms with E-state index in [-0.39, 0.29) is 24.2 Å². The third-order valence-corrected chi connectivity index (χ3v) is 5.34. The number of rotatable bonds is 7. The van der Waals surface area contributed by atoms with E-state index in [1.807, 2.05) is 0 Å². The first-order valence-corrected chi connectivity index (χ1v) is 10.3. The van der Waals surface area contributed by atoms with E-state index in [2.05, 4.69) is 15.6 Å². The summed E-state index contributed by atoms with van der Waals surface area (Å²) in [7, 11) is 0. The molecule has 1 aliphatic carbocycles. The van der Waals surface area contributed by atoms with Crippen molar-refractivity contribution in [3.8, 4) is 0 Å². The van der Waals surface area contributed by atoms with E-state index in [4.69, 9.17) is 4.74 Å². The van der Waals surface area contributed by atoms with E-state index in [1.54, 1.807) is 36.6 Å². The maximum Gasteiger partial charge on any atom is 0.338 e. The molecule has 0 spiro atoms. The number of hydrogen-bond acceptors (Lipinski definition) is 6. The van der Waals surface area contributed by atoms with Gasteiger partial charge in [-0.2, -0.15) is 0 Å². The van der Waals surface area contributed by atoms with Crippen LogP contribution in [0.15, 0.2) is 29.6 Å². The molecule has 148 valence electrons. The Labute approximate surface area is 167 Å². The van der Waals surface area contributed by atoms with Crippen LogP contribution in [-0.2, 0) is 20.7 Å². The maximum absolute atomic E-state index is 12.2. The Hall–Kier alpha value is -2.74. The lowest BCUT2D eigenvalue weighted by Crippen LogP contribution is -2.20. The fraction of sp³-hybridized carbons (Fsp3) is 0.400. The lowest BCUT2D eigenvalue weighted by atomic mass is 10.1. The van der Waals surface area contributed by atoms with Crippen molar-refractivity contribution >= 4 is 39.9 Å². The summed E-state index contributed by atoms with van der Waals surface area (Å²) in [6, 6.07) is 6.51. The molecule has 1 aromatic heterocycles. The van der Waals surface area contributed by atoms with Gasteiger partial charge in [0, 0.05) is 17.0 Å². The van der Waals surface area contributed by atoms with Crippen molar-refractivity contribution in [1.29, 1.82) is 0 Å². The van der Waals surface area contributed by atoms with E-state index < -0.39 is 5.97 Å². The highest BCUT2D eigenvalue weighted by atomic mass is 32.1. The minimum absolute atomic E-state index is 0.0181. The Kier molecular flexibility index (Phi) is 6.76. The fourth-order valence-corrected chi connectivity index (χ4v) is 3.83. The van der Waals surface area contributed by atoms with Crippen LogP contribution in [0.2, 0.25) is 0 Å². The second kappa shape index (κ2) is 9.45. The van der Waals surface area contributed by atoms with Crippen LogP contribution in [0.25, 0.3) is 0 Å². The molecule has 0 unspecified atom stereocenters. The molecule has 28 heavy (non-hydrogen) atoms. The predicted molar refractivity (Wildman–Crippen MR) is 107 cm³/mol. The lowest BCUT2D eigenvalue weighted by molar-refractivity contribution is -0.119. The Bertz CT molecular complexity index is 841. The summed E-state index contributed by atoms with van der Waals surface area (Å²) in [5, 5.41) is 7.91. The molecule has 1 aliphatic rings. The van der Waals surface area contributed by atoms with E-state index in [0.29, 0.717) is 28.7 Å². The molecule has 8 heteroatoms. The molecule has 1 saturated carbocycles. The molecule has 0 radical (unpaired) electrons. The number of nitrogens with one attached hydrogen (secondary N) is 2. The number of carbonyl (C=O) groups is 3. The van der Waals surface area contributed by atoms with Gasteiger partial charge in [-0.05, 0) is 44.0 Å². The molecular weight excluding hydrogens is 378 g/mol. The molecule has 1 aromatic carbocycles. The zero-order chi connectivity index (χ0) is 19.9. The van der Waals surface area contributed by atoms with Crippen molar-refractivity contribution in [1.82, 2.24) is 4.98 Å². The van der Waals surface area contributed by atoms with Crippen LogP contribution in [0.4, 0.5) is 10.8 Å². The summed E-state index contributed by atoms with van der Waals surface area (Å²) in [5.41, 5.74) is 1.62. The smallest absolute Gasteiger partial charge is 0.338 e. The van der Waals surface area contributed by atoms with Crippen molar-refractivity contribution in [3.63, 3.8) is 0 Å². The third-order valence-electron chi connectivity index (χ3n) is 4.53. The van der Waals surface area contributed by atoms with Crippen molar-refractivity contribution in [2.75, 3.05) is 17.2 Å². The number of thiazole rings is 1. The lowest BCUT2D eigenvalue weighted by Gasteiger charge is -2.07. The summed E-state index contributed by atoms with van der Waals surface area (Å²) in [6.07, 6.45) is 4.17. The Balaban J connectivity index is 1.50. The molecule has 0 atom stereocenters. The second-order valence-corrected chi connectivity index (χ2v) is 7.50. The van der Waals surface area contributed by atoms with Gasteiger partial charge in [0.1, 0.15) is 0 Å². The number of carbonyl (C=O) groups excluding carboxylic acids is 3. The van der Waals surface area contributed by atoms with Crippen LogP contribution in [0.3, 0.4) is 0 Å². The molecule has 3 rings (SSSR count). The third kappa shape index (κ3) is 5.39. The molecule has 2 N–H and O–H groups in total. The van der Waals surface area contributed by atoms with E-state index >= 15 is 0 Å². The molecule has 1 heterocycles. The van der Waals surface area contributed by atoms with Crippen LogP contribution in [0, 0.1) is 5.92 Å². The first-order valence-electron chi connectivity index (χ1n) is 9.37.